The first-order valence-electron chi connectivity index (χ1n) is 9.30. The van der Waals surface area contributed by atoms with Crippen molar-refractivity contribution in [3.05, 3.63) is 34.3 Å². The molecule has 0 unspecified atom stereocenters. The number of ketones is 2. The van der Waals surface area contributed by atoms with E-state index in [1.807, 2.05) is 20.8 Å². The Bertz CT molecular complexity index is 1080. The number of phenolic OH excluding ortho intramolecular Hbond substituents is 1. The first kappa shape index (κ1) is 18.6. The Morgan fingerprint density at radius 3 is 2.43 bits per heavy atom. The van der Waals surface area contributed by atoms with Gasteiger partial charge in [0.1, 0.15) is 17.3 Å². The molecular weight excluding hydrogens is 360 g/mol. The number of allylic oxidation sites excluding steroid dienone is 2. The van der Waals surface area contributed by atoms with E-state index in [0.29, 0.717) is 46.5 Å². The SMILES string of the molecule is COC1=C2C(C)(C)C(=O)CC[C@]2(C)c2c(c(O)c3cc(C)oc3c2OC)C1=O. The Kier molecular flexibility index (Phi) is 3.74. The van der Waals surface area contributed by atoms with Crippen LogP contribution in [-0.2, 0) is 14.9 Å². The summed E-state index contributed by atoms with van der Waals surface area (Å²) in [6, 6.07) is 1.68. The zero-order chi connectivity index (χ0) is 20.6. The largest absolute Gasteiger partial charge is 0.506 e. The number of phenols is 1. The first-order valence-corrected chi connectivity index (χ1v) is 9.30. The van der Waals surface area contributed by atoms with Crippen molar-refractivity contribution in [3.63, 3.8) is 0 Å². The highest BCUT2D eigenvalue weighted by Gasteiger charge is 2.56. The molecule has 2 aliphatic carbocycles. The van der Waals surface area contributed by atoms with E-state index in [0.717, 1.165) is 0 Å². The Labute approximate surface area is 163 Å². The fraction of sp³-hybridized carbons (Fsp3) is 0.455. The highest BCUT2D eigenvalue weighted by Crippen LogP contribution is 2.60. The van der Waals surface area contributed by atoms with E-state index in [2.05, 4.69) is 0 Å². The smallest absolute Gasteiger partial charge is 0.231 e. The highest BCUT2D eigenvalue weighted by molar-refractivity contribution is 6.17. The molecule has 1 aromatic heterocycles. The standard InChI is InChI=1S/C22H24O6/c1-10-9-11-15(24)13-14(18(26-5)17(11)28-10)22(4)8-7-12(23)21(2,3)20(22)19(27-6)16(13)25/h9,24H,7-8H2,1-6H3/t22-/m1/s1. The van der Waals surface area contributed by atoms with Crippen LogP contribution in [0.15, 0.2) is 21.8 Å². The van der Waals surface area contributed by atoms with Gasteiger partial charge in [-0.2, -0.15) is 0 Å². The molecule has 28 heavy (non-hydrogen) atoms. The van der Waals surface area contributed by atoms with Gasteiger partial charge < -0.3 is 19.0 Å². The molecule has 148 valence electrons. The second-order valence-electron chi connectivity index (χ2n) is 8.35. The molecule has 1 aromatic carbocycles. The molecule has 0 amide bonds. The van der Waals surface area contributed by atoms with Gasteiger partial charge >= 0.3 is 0 Å². The van der Waals surface area contributed by atoms with Gasteiger partial charge in [0, 0.05) is 22.8 Å². The van der Waals surface area contributed by atoms with Crippen molar-refractivity contribution in [2.75, 3.05) is 14.2 Å². The summed E-state index contributed by atoms with van der Waals surface area (Å²) < 4.78 is 17.1. The lowest BCUT2D eigenvalue weighted by Crippen LogP contribution is -2.48. The summed E-state index contributed by atoms with van der Waals surface area (Å²) in [6.45, 7) is 7.39. The Hall–Kier alpha value is -2.76. The van der Waals surface area contributed by atoms with Crippen LogP contribution < -0.4 is 4.74 Å². The number of fused-ring (bicyclic) bond motifs is 4. The Balaban J connectivity index is 2.21. The highest BCUT2D eigenvalue weighted by atomic mass is 16.5. The minimum absolute atomic E-state index is 0.0592. The number of carbonyl (C=O) groups excluding carboxylic acids is 2. The zero-order valence-electron chi connectivity index (χ0n) is 17.0. The average molecular weight is 384 g/mol. The number of methoxy groups -OCH3 is 2. The number of benzene rings is 1. The van der Waals surface area contributed by atoms with Gasteiger partial charge in [0.2, 0.25) is 5.78 Å². The summed E-state index contributed by atoms with van der Waals surface area (Å²) in [5.74, 6) is 0.628. The van der Waals surface area contributed by atoms with Crippen LogP contribution in [0, 0.1) is 12.3 Å². The zero-order valence-corrected chi connectivity index (χ0v) is 17.0. The predicted molar refractivity (Wildman–Crippen MR) is 103 cm³/mol. The van der Waals surface area contributed by atoms with E-state index in [1.165, 1.54) is 14.2 Å². The lowest BCUT2D eigenvalue weighted by Gasteiger charge is -2.48. The van der Waals surface area contributed by atoms with Crippen molar-refractivity contribution in [1.29, 1.82) is 0 Å². The maximum atomic E-state index is 13.4. The van der Waals surface area contributed by atoms with Gasteiger partial charge in [0.05, 0.1) is 25.2 Å². The molecule has 0 bridgehead atoms. The van der Waals surface area contributed by atoms with Crippen LogP contribution in [0.2, 0.25) is 0 Å². The summed E-state index contributed by atoms with van der Waals surface area (Å²) in [6.07, 6.45) is 0.843. The van der Waals surface area contributed by atoms with Crippen molar-refractivity contribution in [2.45, 2.75) is 46.0 Å². The first-order chi connectivity index (χ1) is 13.1. The van der Waals surface area contributed by atoms with E-state index in [9.17, 15) is 14.7 Å². The van der Waals surface area contributed by atoms with Crippen molar-refractivity contribution in [3.8, 4) is 11.5 Å². The van der Waals surface area contributed by atoms with Gasteiger partial charge in [-0.3, -0.25) is 9.59 Å². The third-order valence-electron chi connectivity index (χ3n) is 6.38. The van der Waals surface area contributed by atoms with Gasteiger partial charge in [0.25, 0.3) is 0 Å². The molecule has 0 spiro atoms. The summed E-state index contributed by atoms with van der Waals surface area (Å²) in [5.41, 5.74) is 0.176. The summed E-state index contributed by atoms with van der Waals surface area (Å²) in [5, 5.41) is 11.4. The van der Waals surface area contributed by atoms with E-state index in [1.54, 1.807) is 13.0 Å². The number of carbonyl (C=O) groups is 2. The number of hydrogen-bond acceptors (Lipinski definition) is 6. The van der Waals surface area contributed by atoms with Gasteiger partial charge in [-0.15, -0.1) is 0 Å². The number of hydrogen-bond donors (Lipinski definition) is 1. The van der Waals surface area contributed by atoms with Gasteiger partial charge in [-0.05, 0) is 38.8 Å². The lowest BCUT2D eigenvalue weighted by molar-refractivity contribution is -0.127. The molecule has 1 saturated carbocycles. The van der Waals surface area contributed by atoms with Gasteiger partial charge in [-0.1, -0.05) is 6.92 Å². The maximum absolute atomic E-state index is 13.4. The molecule has 1 atom stereocenters. The molecule has 0 aliphatic heterocycles. The number of ether oxygens (including phenoxy) is 2. The molecule has 1 N–H and O–H groups in total. The number of Topliss-reactive ketones (excluding diaryl/α,β-unsaturated/α-hetero) is 2. The van der Waals surface area contributed by atoms with Gasteiger partial charge in [-0.25, -0.2) is 0 Å². The molecule has 6 heteroatoms. The normalized spacial score (nSPS) is 23.6. The van der Waals surface area contributed by atoms with Crippen molar-refractivity contribution < 1.29 is 28.6 Å². The number of aryl methyl sites for hydroxylation is 1. The fourth-order valence-corrected chi connectivity index (χ4v) is 5.12. The summed E-state index contributed by atoms with van der Waals surface area (Å²) in [4.78, 5) is 26.2. The van der Waals surface area contributed by atoms with Gasteiger partial charge in [0.15, 0.2) is 17.1 Å². The number of furan rings is 1. The third kappa shape index (κ3) is 2.03. The number of rotatable bonds is 2. The minimum atomic E-state index is -0.875. The van der Waals surface area contributed by atoms with Crippen LogP contribution >= 0.6 is 0 Å². The summed E-state index contributed by atoms with van der Waals surface area (Å²) >= 11 is 0. The maximum Gasteiger partial charge on any atom is 0.231 e. The fourth-order valence-electron chi connectivity index (χ4n) is 5.12. The third-order valence-corrected chi connectivity index (χ3v) is 6.38. The molecule has 1 heterocycles. The van der Waals surface area contributed by atoms with Crippen LogP contribution in [0.5, 0.6) is 11.5 Å². The number of aromatic hydroxyl groups is 1. The quantitative estimate of drug-likeness (QED) is 0.835. The topological polar surface area (TPSA) is 86.0 Å². The molecule has 2 aliphatic rings. The van der Waals surface area contributed by atoms with Crippen LogP contribution in [-0.4, -0.2) is 30.9 Å². The minimum Gasteiger partial charge on any atom is -0.506 e. The molecule has 6 nitrogen and oxygen atoms in total. The van der Waals surface area contributed by atoms with Crippen molar-refractivity contribution in [2.24, 2.45) is 5.41 Å². The molecule has 4 rings (SSSR count). The lowest BCUT2D eigenvalue weighted by atomic mass is 9.54. The van der Waals surface area contributed by atoms with Crippen LogP contribution in [0.1, 0.15) is 55.3 Å². The average Bonchev–Trinajstić information content (AvgIpc) is 3.03. The Morgan fingerprint density at radius 1 is 1.14 bits per heavy atom. The summed E-state index contributed by atoms with van der Waals surface area (Å²) in [7, 11) is 2.95. The second kappa shape index (κ2) is 5.63. The predicted octanol–water partition coefficient (Wildman–Crippen LogP) is 4.20. The van der Waals surface area contributed by atoms with E-state index >= 15 is 0 Å². The van der Waals surface area contributed by atoms with Crippen LogP contribution in [0.3, 0.4) is 0 Å². The monoisotopic (exact) mass is 384 g/mol. The van der Waals surface area contributed by atoms with Crippen molar-refractivity contribution >= 4 is 22.5 Å². The van der Waals surface area contributed by atoms with Crippen LogP contribution in [0.4, 0.5) is 0 Å². The van der Waals surface area contributed by atoms with Crippen molar-refractivity contribution in [1.82, 2.24) is 0 Å². The molecule has 2 aromatic rings. The second-order valence-corrected chi connectivity index (χ2v) is 8.35. The van der Waals surface area contributed by atoms with E-state index in [-0.39, 0.29) is 22.9 Å². The Morgan fingerprint density at radius 2 is 1.82 bits per heavy atom. The van der Waals surface area contributed by atoms with E-state index < -0.39 is 16.6 Å². The molecule has 0 radical (unpaired) electrons. The molecule has 0 saturated heterocycles. The molecular formula is C22H24O6. The van der Waals surface area contributed by atoms with Crippen LogP contribution in [0.25, 0.3) is 11.0 Å². The molecule has 1 fully saturated rings. The van der Waals surface area contributed by atoms with E-state index in [4.69, 9.17) is 13.9 Å².